The van der Waals surface area contributed by atoms with Crippen LogP contribution in [0.4, 0.5) is 0 Å². The summed E-state index contributed by atoms with van der Waals surface area (Å²) in [6, 6.07) is 6.86. The summed E-state index contributed by atoms with van der Waals surface area (Å²) in [5.41, 5.74) is 0.563. The number of carboxylic acids is 1. The molecule has 1 amide bonds. The van der Waals surface area contributed by atoms with E-state index in [9.17, 15) is 9.59 Å². The first-order valence-corrected chi connectivity index (χ1v) is 5.09. The number of nitrogens with zero attached hydrogens (tertiary/aromatic N) is 1. The maximum absolute atomic E-state index is 11.9. The van der Waals surface area contributed by atoms with Crippen molar-refractivity contribution in [2.24, 2.45) is 5.84 Å². The molecule has 0 spiro atoms. The molecule has 90 valence electrons. The Morgan fingerprint density at radius 2 is 2.24 bits per heavy atom. The Bertz CT molecular complexity index is 461. The zero-order valence-electron chi connectivity index (χ0n) is 9.00. The van der Waals surface area contributed by atoms with Crippen LogP contribution in [-0.4, -0.2) is 28.7 Å². The highest BCUT2D eigenvalue weighted by Crippen LogP contribution is 2.32. The average molecular weight is 236 g/mol. The number of para-hydroxylation sites is 1. The average Bonchev–Trinajstić information content (AvgIpc) is 2.42. The molecule has 6 heteroatoms. The van der Waals surface area contributed by atoms with Crippen molar-refractivity contribution in [1.29, 1.82) is 0 Å². The molecule has 0 aromatic heterocycles. The first kappa shape index (κ1) is 11.4. The number of carbonyl (C=O) groups is 2. The van der Waals surface area contributed by atoms with Crippen molar-refractivity contribution in [3.63, 3.8) is 0 Å². The first-order chi connectivity index (χ1) is 8.09. The molecular weight excluding hydrogens is 224 g/mol. The zero-order valence-corrected chi connectivity index (χ0v) is 9.00. The second-order valence-electron chi connectivity index (χ2n) is 3.77. The van der Waals surface area contributed by atoms with Gasteiger partial charge in [-0.05, 0) is 6.07 Å². The minimum absolute atomic E-state index is 0.0774. The van der Waals surface area contributed by atoms with Gasteiger partial charge in [-0.25, -0.2) is 10.9 Å². The van der Waals surface area contributed by atoms with Crippen molar-refractivity contribution in [2.45, 2.75) is 12.3 Å². The van der Waals surface area contributed by atoms with E-state index >= 15 is 0 Å². The molecule has 1 atom stereocenters. The second-order valence-corrected chi connectivity index (χ2v) is 3.77. The van der Waals surface area contributed by atoms with E-state index in [1.54, 1.807) is 24.3 Å². The molecule has 1 aliphatic rings. The summed E-state index contributed by atoms with van der Waals surface area (Å²) in [6.45, 7) is -0.0774. The lowest BCUT2D eigenvalue weighted by Gasteiger charge is -2.16. The van der Waals surface area contributed by atoms with Crippen molar-refractivity contribution < 1.29 is 19.4 Å². The van der Waals surface area contributed by atoms with Crippen LogP contribution in [0.2, 0.25) is 0 Å². The van der Waals surface area contributed by atoms with E-state index in [0.717, 1.165) is 5.01 Å². The fourth-order valence-corrected chi connectivity index (χ4v) is 1.81. The van der Waals surface area contributed by atoms with Gasteiger partial charge in [-0.1, -0.05) is 18.2 Å². The standard InChI is InChI=1S/C11H12N2O4/c12-13-6-17-9-4-2-1-3-7(9)8(11(13)16)5-10(14)15/h1-4,8H,5-6,12H2,(H,14,15). The molecule has 0 fully saturated rings. The highest BCUT2D eigenvalue weighted by atomic mass is 16.5. The normalized spacial score (nSPS) is 19.2. The van der Waals surface area contributed by atoms with Crippen LogP contribution in [0.5, 0.6) is 5.75 Å². The van der Waals surface area contributed by atoms with E-state index in [2.05, 4.69) is 0 Å². The lowest BCUT2D eigenvalue weighted by atomic mass is 9.94. The number of hydrazine groups is 1. The van der Waals surface area contributed by atoms with Crippen molar-refractivity contribution in [3.05, 3.63) is 29.8 Å². The van der Waals surface area contributed by atoms with Crippen molar-refractivity contribution in [1.82, 2.24) is 5.01 Å². The van der Waals surface area contributed by atoms with Crippen molar-refractivity contribution in [2.75, 3.05) is 6.73 Å². The molecule has 1 aliphatic heterocycles. The van der Waals surface area contributed by atoms with Crippen LogP contribution < -0.4 is 10.6 Å². The summed E-state index contributed by atoms with van der Waals surface area (Å²) >= 11 is 0. The van der Waals surface area contributed by atoms with Crippen LogP contribution >= 0.6 is 0 Å². The van der Waals surface area contributed by atoms with Gasteiger partial charge in [0.1, 0.15) is 5.75 Å². The van der Waals surface area contributed by atoms with Crippen LogP contribution in [0.1, 0.15) is 17.9 Å². The summed E-state index contributed by atoms with van der Waals surface area (Å²) < 4.78 is 5.33. The molecule has 1 aromatic rings. The van der Waals surface area contributed by atoms with Gasteiger partial charge in [0.05, 0.1) is 12.3 Å². The smallest absolute Gasteiger partial charge is 0.304 e. The molecule has 1 heterocycles. The lowest BCUT2D eigenvalue weighted by molar-refractivity contribution is -0.143. The molecule has 0 radical (unpaired) electrons. The predicted molar refractivity (Wildman–Crippen MR) is 58.0 cm³/mol. The minimum Gasteiger partial charge on any atom is -0.481 e. The van der Waals surface area contributed by atoms with Gasteiger partial charge in [0.2, 0.25) is 5.91 Å². The van der Waals surface area contributed by atoms with Gasteiger partial charge in [-0.3, -0.25) is 9.59 Å². The number of carboxylic acid groups (broad SMARTS) is 1. The van der Waals surface area contributed by atoms with Crippen LogP contribution in [0.3, 0.4) is 0 Å². The van der Waals surface area contributed by atoms with Crippen LogP contribution in [0.15, 0.2) is 24.3 Å². The maximum atomic E-state index is 11.9. The first-order valence-electron chi connectivity index (χ1n) is 5.09. The van der Waals surface area contributed by atoms with Crippen molar-refractivity contribution >= 4 is 11.9 Å². The van der Waals surface area contributed by atoms with E-state index in [1.165, 1.54) is 0 Å². The summed E-state index contributed by atoms with van der Waals surface area (Å²) in [5.74, 6) is 3.70. The van der Waals surface area contributed by atoms with E-state index in [1.807, 2.05) is 0 Å². The topological polar surface area (TPSA) is 92.9 Å². The molecule has 0 bridgehead atoms. The van der Waals surface area contributed by atoms with Crippen LogP contribution in [-0.2, 0) is 9.59 Å². The molecular formula is C11H12N2O4. The third kappa shape index (κ3) is 2.21. The highest BCUT2D eigenvalue weighted by molar-refractivity contribution is 5.88. The number of benzene rings is 1. The molecule has 0 saturated heterocycles. The summed E-state index contributed by atoms with van der Waals surface area (Å²) in [4.78, 5) is 22.7. The minimum atomic E-state index is -1.05. The summed E-state index contributed by atoms with van der Waals surface area (Å²) in [5, 5.41) is 9.73. The number of nitrogens with two attached hydrogens (primary N) is 1. The number of carbonyl (C=O) groups excluding carboxylic acids is 1. The van der Waals surface area contributed by atoms with Gasteiger partial charge in [0.25, 0.3) is 0 Å². The number of hydrogen-bond donors (Lipinski definition) is 2. The fourth-order valence-electron chi connectivity index (χ4n) is 1.81. The summed E-state index contributed by atoms with van der Waals surface area (Å²) in [7, 11) is 0. The Hall–Kier alpha value is -2.08. The van der Waals surface area contributed by atoms with E-state index < -0.39 is 17.8 Å². The molecule has 1 aromatic carbocycles. The number of aliphatic carboxylic acids is 1. The van der Waals surface area contributed by atoms with Crippen LogP contribution in [0, 0.1) is 0 Å². The summed E-state index contributed by atoms with van der Waals surface area (Å²) in [6.07, 6.45) is -0.299. The Morgan fingerprint density at radius 1 is 1.53 bits per heavy atom. The monoisotopic (exact) mass is 236 g/mol. The van der Waals surface area contributed by atoms with Gasteiger partial charge < -0.3 is 9.84 Å². The number of rotatable bonds is 2. The van der Waals surface area contributed by atoms with Gasteiger partial charge in [0.15, 0.2) is 6.73 Å². The SMILES string of the molecule is NN1COc2ccccc2C(CC(=O)O)C1=O. The zero-order chi connectivity index (χ0) is 12.4. The molecule has 0 saturated carbocycles. The third-order valence-electron chi connectivity index (χ3n) is 2.61. The predicted octanol–water partition coefficient (Wildman–Crippen LogP) is 0.297. The Morgan fingerprint density at radius 3 is 2.94 bits per heavy atom. The van der Waals surface area contributed by atoms with Gasteiger partial charge in [-0.15, -0.1) is 0 Å². The molecule has 17 heavy (non-hydrogen) atoms. The molecule has 3 N–H and O–H groups in total. The largest absolute Gasteiger partial charge is 0.481 e. The van der Waals surface area contributed by atoms with Crippen molar-refractivity contribution in [3.8, 4) is 5.75 Å². The Kier molecular flexibility index (Phi) is 2.97. The quantitative estimate of drug-likeness (QED) is 0.569. The molecule has 2 rings (SSSR count). The molecule has 1 unspecified atom stereocenters. The Balaban J connectivity index is 2.43. The fraction of sp³-hybridized carbons (Fsp3) is 0.273. The van der Waals surface area contributed by atoms with Gasteiger partial charge >= 0.3 is 5.97 Å². The van der Waals surface area contributed by atoms with Crippen LogP contribution in [0.25, 0.3) is 0 Å². The van der Waals surface area contributed by atoms with E-state index in [0.29, 0.717) is 11.3 Å². The van der Waals surface area contributed by atoms with E-state index in [-0.39, 0.29) is 13.2 Å². The molecule has 6 nitrogen and oxygen atoms in total. The van der Waals surface area contributed by atoms with Gasteiger partial charge in [-0.2, -0.15) is 0 Å². The van der Waals surface area contributed by atoms with Gasteiger partial charge in [0, 0.05) is 5.56 Å². The number of ether oxygens (including phenoxy) is 1. The van der Waals surface area contributed by atoms with E-state index in [4.69, 9.17) is 15.7 Å². The highest BCUT2D eigenvalue weighted by Gasteiger charge is 2.32. The third-order valence-corrected chi connectivity index (χ3v) is 2.61. The Labute approximate surface area is 97.6 Å². The second kappa shape index (κ2) is 4.42. The lowest BCUT2D eigenvalue weighted by Crippen LogP contribution is -2.41. The number of hydrogen-bond acceptors (Lipinski definition) is 4. The number of amides is 1. The maximum Gasteiger partial charge on any atom is 0.304 e. The number of fused-ring (bicyclic) bond motifs is 1. The molecule has 0 aliphatic carbocycles.